The molecule has 1 aliphatic heterocycles. The summed E-state index contributed by atoms with van der Waals surface area (Å²) in [6.45, 7) is 0.414. The van der Waals surface area contributed by atoms with Crippen LogP contribution in [-0.2, 0) is 6.18 Å². The molecule has 0 N–H and O–H groups in total. The Hall–Kier alpha value is -4.15. The number of hydrogen-bond acceptors (Lipinski definition) is 7. The third kappa shape index (κ3) is 3.78. The van der Waals surface area contributed by atoms with Gasteiger partial charge < -0.3 is 18.6 Å². The summed E-state index contributed by atoms with van der Waals surface area (Å²) in [6, 6.07) is 11.1. The van der Waals surface area contributed by atoms with Crippen molar-refractivity contribution in [1.82, 2.24) is 15.0 Å². The second-order valence-corrected chi connectivity index (χ2v) is 7.77. The third-order valence-electron chi connectivity index (χ3n) is 5.58. The number of carbonyl (C=O) groups is 1. The predicted octanol–water partition coefficient (Wildman–Crippen LogP) is 4.11. The fraction of sp³-hybridized carbons (Fsp3) is 0.217. The first-order valence-corrected chi connectivity index (χ1v) is 10.2. The Kier molecular flexibility index (Phi) is 5.11. The lowest BCUT2D eigenvalue weighted by molar-refractivity contribution is -0.137. The molecule has 0 unspecified atom stereocenters. The molecule has 0 spiro atoms. The van der Waals surface area contributed by atoms with Gasteiger partial charge in [-0.25, -0.2) is 4.79 Å². The monoisotopic (exact) mass is 471 g/mol. The van der Waals surface area contributed by atoms with Gasteiger partial charge in [0.1, 0.15) is 5.56 Å². The second-order valence-electron chi connectivity index (χ2n) is 7.77. The number of alkyl halides is 3. The summed E-state index contributed by atoms with van der Waals surface area (Å²) in [7, 11) is 1.45. The molecule has 1 saturated heterocycles. The summed E-state index contributed by atoms with van der Waals surface area (Å²) in [5.41, 5.74) is -1.30. The fourth-order valence-corrected chi connectivity index (χ4v) is 3.75. The molecular formula is C23H16F3N3O5. The topological polar surface area (TPSA) is 98.7 Å². The van der Waals surface area contributed by atoms with Gasteiger partial charge in [-0.1, -0.05) is 29.4 Å². The Morgan fingerprint density at radius 2 is 1.91 bits per heavy atom. The standard InChI is InChI=1S/C23H16F3N3O5/c1-32-17-7-3-4-12-9-16(22(31)33-18(12)17)21(30)29-10-14(11-29)20-27-19(28-34-20)13-5-2-6-15(8-13)23(24,25)26/h2-9,14H,10-11H2,1H3. The third-order valence-corrected chi connectivity index (χ3v) is 5.58. The molecule has 0 aliphatic carbocycles. The van der Waals surface area contributed by atoms with Crippen molar-refractivity contribution >= 4 is 16.9 Å². The molecule has 4 aromatic rings. The van der Waals surface area contributed by atoms with Crippen LogP contribution >= 0.6 is 0 Å². The molecule has 1 fully saturated rings. The SMILES string of the molecule is COc1cccc2cc(C(=O)N3CC(c4nc(-c5cccc(C(F)(F)F)c5)no4)C3)c(=O)oc12. The summed E-state index contributed by atoms with van der Waals surface area (Å²) in [5, 5.41) is 4.31. The van der Waals surface area contributed by atoms with Crippen molar-refractivity contribution in [1.29, 1.82) is 0 Å². The quantitative estimate of drug-likeness (QED) is 0.413. The minimum absolute atomic E-state index is 0.0231. The number of nitrogens with zero attached hydrogens (tertiary/aromatic N) is 3. The average molecular weight is 471 g/mol. The van der Waals surface area contributed by atoms with E-state index in [4.69, 9.17) is 13.7 Å². The van der Waals surface area contributed by atoms with Crippen LogP contribution in [0.15, 0.2) is 62.3 Å². The molecule has 1 amide bonds. The number of rotatable bonds is 4. The number of amides is 1. The van der Waals surface area contributed by atoms with Crippen molar-refractivity contribution < 1.29 is 31.6 Å². The molecule has 174 valence electrons. The lowest BCUT2D eigenvalue weighted by Crippen LogP contribution is -2.49. The average Bonchev–Trinajstić information content (AvgIpc) is 3.26. The van der Waals surface area contributed by atoms with E-state index < -0.39 is 23.3 Å². The Morgan fingerprint density at radius 1 is 1.15 bits per heavy atom. The van der Waals surface area contributed by atoms with E-state index in [1.165, 1.54) is 30.2 Å². The van der Waals surface area contributed by atoms with Crippen LogP contribution in [-0.4, -0.2) is 41.1 Å². The minimum Gasteiger partial charge on any atom is -0.493 e. The molecule has 0 bridgehead atoms. The molecule has 2 aromatic carbocycles. The zero-order valence-corrected chi connectivity index (χ0v) is 17.6. The Labute approximate surface area is 189 Å². The lowest BCUT2D eigenvalue weighted by atomic mass is 9.99. The van der Waals surface area contributed by atoms with Crippen LogP contribution in [0.2, 0.25) is 0 Å². The van der Waals surface area contributed by atoms with Crippen molar-refractivity contribution in [2.75, 3.05) is 20.2 Å². The number of benzene rings is 2. The maximum absolute atomic E-state index is 13.0. The number of para-hydroxylation sites is 1. The van der Waals surface area contributed by atoms with Crippen molar-refractivity contribution in [2.45, 2.75) is 12.1 Å². The van der Waals surface area contributed by atoms with Crippen LogP contribution in [0.4, 0.5) is 13.2 Å². The van der Waals surface area contributed by atoms with Crippen LogP contribution in [0, 0.1) is 0 Å². The van der Waals surface area contributed by atoms with Crippen molar-refractivity contribution in [3.05, 3.63) is 76.0 Å². The molecule has 34 heavy (non-hydrogen) atoms. The smallest absolute Gasteiger partial charge is 0.416 e. The number of carbonyl (C=O) groups excluding carboxylic acids is 1. The Balaban J connectivity index is 1.31. The largest absolute Gasteiger partial charge is 0.493 e. The molecule has 0 radical (unpaired) electrons. The number of halogens is 3. The molecule has 2 aromatic heterocycles. The number of fused-ring (bicyclic) bond motifs is 1. The molecule has 1 aliphatic rings. The normalized spacial score (nSPS) is 14.3. The second kappa shape index (κ2) is 8.01. The van der Waals surface area contributed by atoms with E-state index in [0.717, 1.165) is 12.1 Å². The molecule has 8 nitrogen and oxygen atoms in total. The highest BCUT2D eigenvalue weighted by Gasteiger charge is 2.37. The van der Waals surface area contributed by atoms with E-state index in [9.17, 15) is 22.8 Å². The summed E-state index contributed by atoms with van der Waals surface area (Å²) < 4.78 is 54.6. The van der Waals surface area contributed by atoms with E-state index in [-0.39, 0.29) is 47.4 Å². The van der Waals surface area contributed by atoms with Gasteiger partial charge in [0.2, 0.25) is 11.7 Å². The van der Waals surface area contributed by atoms with E-state index in [1.807, 2.05) is 0 Å². The van der Waals surface area contributed by atoms with Crippen LogP contribution in [0.5, 0.6) is 5.75 Å². The first kappa shape index (κ1) is 21.7. The molecule has 0 atom stereocenters. The zero-order chi connectivity index (χ0) is 24.0. The van der Waals surface area contributed by atoms with Gasteiger partial charge in [0, 0.05) is 24.0 Å². The molecule has 11 heteroatoms. The molecule has 0 saturated carbocycles. The number of aromatic nitrogens is 2. The molecule has 3 heterocycles. The van der Waals surface area contributed by atoms with Gasteiger partial charge in [0.15, 0.2) is 11.3 Å². The van der Waals surface area contributed by atoms with E-state index in [2.05, 4.69) is 10.1 Å². The minimum atomic E-state index is -4.49. The van der Waals surface area contributed by atoms with Gasteiger partial charge in [0.25, 0.3) is 5.91 Å². The van der Waals surface area contributed by atoms with Crippen LogP contribution in [0.25, 0.3) is 22.4 Å². The summed E-state index contributed by atoms with van der Waals surface area (Å²) in [5.74, 6) is -0.205. The van der Waals surface area contributed by atoms with E-state index in [0.29, 0.717) is 11.1 Å². The maximum Gasteiger partial charge on any atom is 0.416 e. The number of methoxy groups -OCH3 is 1. The van der Waals surface area contributed by atoms with Crippen molar-refractivity contribution in [2.24, 2.45) is 0 Å². The Morgan fingerprint density at radius 3 is 2.65 bits per heavy atom. The number of hydrogen-bond donors (Lipinski definition) is 0. The molecule has 5 rings (SSSR count). The van der Waals surface area contributed by atoms with E-state index in [1.54, 1.807) is 18.2 Å². The summed E-state index contributed by atoms with van der Waals surface area (Å²) in [6.07, 6.45) is -4.49. The van der Waals surface area contributed by atoms with Crippen LogP contribution in [0.1, 0.15) is 27.7 Å². The van der Waals surface area contributed by atoms with Gasteiger partial charge in [0.05, 0.1) is 18.6 Å². The van der Waals surface area contributed by atoms with Gasteiger partial charge in [-0.3, -0.25) is 4.79 Å². The lowest BCUT2D eigenvalue weighted by Gasteiger charge is -2.36. The molecular weight excluding hydrogens is 455 g/mol. The van der Waals surface area contributed by atoms with Gasteiger partial charge in [-0.15, -0.1) is 0 Å². The highest BCUT2D eigenvalue weighted by molar-refractivity contribution is 5.97. The highest BCUT2D eigenvalue weighted by atomic mass is 19.4. The van der Waals surface area contributed by atoms with Gasteiger partial charge in [-0.05, 0) is 24.3 Å². The van der Waals surface area contributed by atoms with Crippen LogP contribution in [0.3, 0.4) is 0 Å². The predicted molar refractivity (Wildman–Crippen MR) is 112 cm³/mol. The van der Waals surface area contributed by atoms with Crippen molar-refractivity contribution in [3.8, 4) is 17.1 Å². The van der Waals surface area contributed by atoms with Crippen LogP contribution < -0.4 is 10.4 Å². The first-order chi connectivity index (χ1) is 16.2. The number of ether oxygens (including phenoxy) is 1. The number of likely N-dealkylation sites (tertiary alicyclic amines) is 1. The zero-order valence-electron chi connectivity index (χ0n) is 17.6. The summed E-state index contributed by atoms with van der Waals surface area (Å²) >= 11 is 0. The maximum atomic E-state index is 13.0. The highest BCUT2D eigenvalue weighted by Crippen LogP contribution is 2.33. The van der Waals surface area contributed by atoms with Gasteiger partial charge in [-0.2, -0.15) is 18.2 Å². The summed E-state index contributed by atoms with van der Waals surface area (Å²) in [4.78, 5) is 30.9. The van der Waals surface area contributed by atoms with Crippen molar-refractivity contribution in [3.63, 3.8) is 0 Å². The van der Waals surface area contributed by atoms with Gasteiger partial charge >= 0.3 is 11.8 Å². The fourth-order valence-electron chi connectivity index (χ4n) is 3.75. The van der Waals surface area contributed by atoms with E-state index >= 15 is 0 Å². The Bertz CT molecular complexity index is 1450. The first-order valence-electron chi connectivity index (χ1n) is 10.2.